The lowest BCUT2D eigenvalue weighted by molar-refractivity contribution is -0.146. The van der Waals surface area contributed by atoms with E-state index >= 15 is 0 Å². The largest absolute Gasteiger partial charge is 0.467 e. The Balaban J connectivity index is 2.13. The number of thiophene rings is 1. The highest BCUT2D eigenvalue weighted by atomic mass is 32.1. The summed E-state index contributed by atoms with van der Waals surface area (Å²) in [4.78, 5) is 25.7. The van der Waals surface area contributed by atoms with Crippen LogP contribution in [-0.4, -0.2) is 40.8 Å². The molecule has 2 bridgehead atoms. The number of rotatable bonds is 1. The van der Waals surface area contributed by atoms with E-state index < -0.39 is 18.0 Å². The van der Waals surface area contributed by atoms with E-state index in [0.717, 1.165) is 10.4 Å². The van der Waals surface area contributed by atoms with E-state index in [4.69, 9.17) is 4.74 Å². The summed E-state index contributed by atoms with van der Waals surface area (Å²) in [6.45, 7) is 0.318. The number of hydroxylamine groups is 2. The van der Waals surface area contributed by atoms with Gasteiger partial charge in [0.15, 0.2) is 6.04 Å². The predicted octanol–water partition coefficient (Wildman–Crippen LogP) is 1.14. The van der Waals surface area contributed by atoms with Crippen molar-refractivity contribution in [1.29, 1.82) is 0 Å². The maximum atomic E-state index is 11.8. The van der Waals surface area contributed by atoms with Crippen molar-refractivity contribution in [2.24, 2.45) is 0 Å². The Kier molecular flexibility index (Phi) is 2.14. The van der Waals surface area contributed by atoms with E-state index in [1.165, 1.54) is 23.3 Å². The van der Waals surface area contributed by atoms with Gasteiger partial charge in [0.25, 0.3) is 0 Å². The molecule has 3 heterocycles. The lowest BCUT2D eigenvalue weighted by atomic mass is 10.00. The van der Waals surface area contributed by atoms with Crippen LogP contribution < -0.4 is 0 Å². The van der Waals surface area contributed by atoms with E-state index in [0.29, 0.717) is 11.6 Å². The fraction of sp³-hybridized carbons (Fsp3) is 0.400. The molecule has 0 radical (unpaired) electrons. The van der Waals surface area contributed by atoms with Gasteiger partial charge >= 0.3 is 12.0 Å². The number of esters is 1. The van der Waals surface area contributed by atoms with Gasteiger partial charge in [-0.3, -0.25) is 5.21 Å². The second-order valence-electron chi connectivity index (χ2n) is 3.96. The summed E-state index contributed by atoms with van der Waals surface area (Å²) >= 11 is 1.40. The van der Waals surface area contributed by atoms with Crippen molar-refractivity contribution in [3.63, 3.8) is 0 Å². The lowest BCUT2D eigenvalue weighted by Gasteiger charge is -2.28. The summed E-state index contributed by atoms with van der Waals surface area (Å²) in [6.07, 6.45) is 0. The zero-order valence-electron chi connectivity index (χ0n) is 8.99. The molecule has 0 aliphatic carbocycles. The standard InChI is InChI=1S/C10H10N2O4S/c1-16-9(13)7-8-5(2-3-17-8)6-4-11(7)10(14)12(6)15/h2-3,6-7,15H,4H2,1H3/t6-,7-/m0/s1. The summed E-state index contributed by atoms with van der Waals surface area (Å²) < 4.78 is 4.72. The molecule has 1 N–H and O–H groups in total. The van der Waals surface area contributed by atoms with Crippen LogP contribution in [0.1, 0.15) is 22.5 Å². The molecule has 3 rings (SSSR count). The molecule has 1 fully saturated rings. The third kappa shape index (κ3) is 1.23. The van der Waals surface area contributed by atoms with E-state index in [2.05, 4.69) is 0 Å². The van der Waals surface area contributed by atoms with Gasteiger partial charge in [-0.15, -0.1) is 11.3 Å². The summed E-state index contributed by atoms with van der Waals surface area (Å²) in [7, 11) is 1.29. The summed E-state index contributed by atoms with van der Waals surface area (Å²) in [5.74, 6) is -0.476. The third-order valence-electron chi connectivity index (χ3n) is 3.18. The quantitative estimate of drug-likeness (QED) is 0.602. The van der Waals surface area contributed by atoms with Crippen LogP contribution in [0.3, 0.4) is 0 Å². The minimum atomic E-state index is -0.726. The van der Waals surface area contributed by atoms with Gasteiger partial charge in [-0.1, -0.05) is 0 Å². The van der Waals surface area contributed by atoms with Gasteiger partial charge in [-0.2, -0.15) is 5.06 Å². The molecule has 0 unspecified atom stereocenters. The number of methoxy groups -OCH3 is 1. The van der Waals surface area contributed by atoms with Crippen LogP contribution in [0.25, 0.3) is 0 Å². The molecule has 90 valence electrons. The van der Waals surface area contributed by atoms with Gasteiger partial charge in [0, 0.05) is 4.88 Å². The average Bonchev–Trinajstić information content (AvgIpc) is 2.90. The topological polar surface area (TPSA) is 70.1 Å². The van der Waals surface area contributed by atoms with Crippen LogP contribution in [0.4, 0.5) is 4.79 Å². The Hall–Kier alpha value is -1.60. The average molecular weight is 254 g/mol. The number of carbonyl (C=O) groups excluding carboxylic acids is 2. The van der Waals surface area contributed by atoms with Crippen LogP contribution in [0.5, 0.6) is 0 Å². The minimum absolute atomic E-state index is 0.318. The lowest BCUT2D eigenvalue weighted by Crippen LogP contribution is -2.38. The first kappa shape index (κ1) is 10.5. The number of hydrogen-bond acceptors (Lipinski definition) is 5. The van der Waals surface area contributed by atoms with Crippen LogP contribution in [0.2, 0.25) is 0 Å². The maximum Gasteiger partial charge on any atom is 0.345 e. The molecule has 1 aromatic rings. The van der Waals surface area contributed by atoms with Crippen LogP contribution in [0, 0.1) is 0 Å². The summed E-state index contributed by atoms with van der Waals surface area (Å²) in [6, 6.07) is 0.189. The Morgan fingerprint density at radius 2 is 2.41 bits per heavy atom. The molecule has 0 aromatic carbocycles. The molecule has 0 saturated carbocycles. The Labute approximate surface area is 101 Å². The van der Waals surface area contributed by atoms with Gasteiger partial charge in [0.2, 0.25) is 0 Å². The Bertz CT molecular complexity index is 500. The molecule has 17 heavy (non-hydrogen) atoms. The number of urea groups is 1. The molecular weight excluding hydrogens is 244 g/mol. The molecular formula is C10H10N2O4S. The van der Waals surface area contributed by atoms with Crippen molar-refractivity contribution < 1.29 is 19.5 Å². The highest BCUT2D eigenvalue weighted by Crippen LogP contribution is 2.45. The van der Waals surface area contributed by atoms with Crippen LogP contribution >= 0.6 is 11.3 Å². The second kappa shape index (κ2) is 3.44. The predicted molar refractivity (Wildman–Crippen MR) is 57.5 cm³/mol. The molecule has 2 atom stereocenters. The normalized spacial score (nSPS) is 26.1. The van der Waals surface area contributed by atoms with Crippen molar-refractivity contribution in [3.05, 3.63) is 21.9 Å². The van der Waals surface area contributed by atoms with E-state index in [9.17, 15) is 14.8 Å². The van der Waals surface area contributed by atoms with Gasteiger partial charge in [0.05, 0.1) is 13.7 Å². The molecule has 0 spiro atoms. The molecule has 2 aliphatic rings. The SMILES string of the molecule is COC(=O)[C@@H]1c2sccc2[C@@H]2CN1C(=O)N2O. The molecule has 2 amide bonds. The fourth-order valence-corrected chi connectivity index (χ4v) is 3.42. The molecule has 1 saturated heterocycles. The van der Waals surface area contributed by atoms with Crippen molar-refractivity contribution in [2.75, 3.05) is 13.7 Å². The smallest absolute Gasteiger partial charge is 0.345 e. The number of carbonyl (C=O) groups is 2. The maximum absolute atomic E-state index is 11.8. The molecule has 1 aromatic heterocycles. The zero-order valence-corrected chi connectivity index (χ0v) is 9.81. The van der Waals surface area contributed by atoms with Gasteiger partial charge < -0.3 is 9.64 Å². The van der Waals surface area contributed by atoms with Crippen molar-refractivity contribution >= 4 is 23.3 Å². The number of amides is 2. The minimum Gasteiger partial charge on any atom is -0.467 e. The van der Waals surface area contributed by atoms with E-state index in [1.54, 1.807) is 0 Å². The number of fused-ring (bicyclic) bond motifs is 4. The monoisotopic (exact) mass is 254 g/mol. The van der Waals surface area contributed by atoms with Crippen molar-refractivity contribution in [3.8, 4) is 0 Å². The second-order valence-corrected chi connectivity index (χ2v) is 4.91. The molecule has 6 nitrogen and oxygen atoms in total. The van der Waals surface area contributed by atoms with Crippen LogP contribution in [-0.2, 0) is 9.53 Å². The van der Waals surface area contributed by atoms with E-state index in [1.807, 2.05) is 11.4 Å². The highest BCUT2D eigenvalue weighted by molar-refractivity contribution is 7.10. The zero-order chi connectivity index (χ0) is 12.2. The summed E-state index contributed by atoms with van der Waals surface area (Å²) in [5, 5.41) is 12.2. The number of nitrogens with zero attached hydrogens (tertiary/aromatic N) is 2. The third-order valence-corrected chi connectivity index (χ3v) is 4.16. The number of ether oxygens (including phenoxy) is 1. The molecule has 7 heteroatoms. The van der Waals surface area contributed by atoms with E-state index in [-0.39, 0.29) is 6.04 Å². The van der Waals surface area contributed by atoms with Gasteiger partial charge in [-0.25, -0.2) is 9.59 Å². The number of hydrogen-bond donors (Lipinski definition) is 1. The molecule has 2 aliphatic heterocycles. The van der Waals surface area contributed by atoms with Crippen molar-refractivity contribution in [2.45, 2.75) is 12.1 Å². The van der Waals surface area contributed by atoms with Gasteiger partial charge in [-0.05, 0) is 17.0 Å². The first-order valence-electron chi connectivity index (χ1n) is 5.09. The first-order chi connectivity index (χ1) is 8.15. The Morgan fingerprint density at radius 1 is 1.65 bits per heavy atom. The Morgan fingerprint density at radius 3 is 3.12 bits per heavy atom. The van der Waals surface area contributed by atoms with Crippen LogP contribution in [0.15, 0.2) is 11.4 Å². The van der Waals surface area contributed by atoms with Crippen molar-refractivity contribution in [1.82, 2.24) is 9.96 Å². The first-order valence-corrected chi connectivity index (χ1v) is 5.97. The fourth-order valence-electron chi connectivity index (χ4n) is 2.37. The highest BCUT2D eigenvalue weighted by Gasteiger charge is 2.51. The summed E-state index contributed by atoms with van der Waals surface area (Å²) in [5.41, 5.74) is 0.829. The van der Waals surface area contributed by atoms with Gasteiger partial charge in [0.1, 0.15) is 6.04 Å².